The predicted molar refractivity (Wildman–Crippen MR) is 116 cm³/mol. The van der Waals surface area contributed by atoms with Crippen molar-refractivity contribution in [2.24, 2.45) is 16.7 Å². The molecule has 2 aliphatic heterocycles. The number of cyclic esters (lactones) is 1. The molecule has 7 heteroatoms. The molecule has 172 valence electrons. The van der Waals surface area contributed by atoms with Crippen LogP contribution in [0.25, 0.3) is 5.57 Å². The second kappa shape index (κ2) is 6.35. The van der Waals surface area contributed by atoms with Crippen LogP contribution < -0.4 is 0 Å². The van der Waals surface area contributed by atoms with Crippen molar-refractivity contribution in [2.45, 2.75) is 64.8 Å². The van der Waals surface area contributed by atoms with Crippen LogP contribution in [0, 0.1) is 16.7 Å². The first-order valence-corrected chi connectivity index (χ1v) is 11.4. The van der Waals surface area contributed by atoms with E-state index in [0.29, 0.717) is 17.7 Å². The third kappa shape index (κ3) is 2.57. The van der Waals surface area contributed by atoms with Gasteiger partial charge in [0.25, 0.3) is 0 Å². The van der Waals surface area contributed by atoms with E-state index in [2.05, 4.69) is 6.92 Å². The molecule has 6 rings (SSSR count). The Morgan fingerprint density at radius 1 is 1.18 bits per heavy atom. The molecule has 1 saturated heterocycles. The highest BCUT2D eigenvalue weighted by atomic mass is 16.6. The standard InChI is InChI=1S/C26H27NO6/c1-24(2)18-11-20(29)33-26(18,4)21-15(22(24)30)9-14-16-10-19(28)32-23(13-6-8-31-12-13)25(16,3)7-5-17(14)27-21/h6,8-10,12,18,22-23,30H,5,7,11H2,1-4H3/t18-,22-,23+,25-,26-/m1/s1. The number of hydrogen-bond donors (Lipinski definition) is 1. The topological polar surface area (TPSA) is 98.9 Å². The average molecular weight is 450 g/mol. The number of nitrogens with zero attached hydrogens (tertiary/aromatic N) is 1. The van der Waals surface area contributed by atoms with Crippen molar-refractivity contribution in [1.29, 1.82) is 0 Å². The highest BCUT2D eigenvalue weighted by Crippen LogP contribution is 2.61. The summed E-state index contributed by atoms with van der Waals surface area (Å²) in [7, 11) is 0. The average Bonchev–Trinajstić information content (AvgIpc) is 3.40. The Kier molecular flexibility index (Phi) is 3.97. The SMILES string of the molecule is CC1(C)[C@H](O)c2cc3c(nc2[C@]2(C)OC(=O)C[C@H]12)CC[C@]1(C)C3=CC(=O)O[C@H]1c1ccoc1. The Labute approximate surface area is 191 Å². The van der Waals surface area contributed by atoms with Crippen LogP contribution in [0.3, 0.4) is 0 Å². The van der Waals surface area contributed by atoms with Gasteiger partial charge in [0.2, 0.25) is 0 Å². The van der Waals surface area contributed by atoms with E-state index < -0.39 is 34.6 Å². The van der Waals surface area contributed by atoms with Crippen LogP contribution in [0.1, 0.15) is 80.8 Å². The van der Waals surface area contributed by atoms with Gasteiger partial charge in [-0.15, -0.1) is 0 Å². The first kappa shape index (κ1) is 20.7. The van der Waals surface area contributed by atoms with Gasteiger partial charge in [-0.25, -0.2) is 4.79 Å². The van der Waals surface area contributed by atoms with Crippen LogP contribution in [-0.2, 0) is 31.1 Å². The van der Waals surface area contributed by atoms with E-state index in [1.165, 1.54) is 0 Å². The fourth-order valence-corrected chi connectivity index (χ4v) is 6.68. The molecular weight excluding hydrogens is 422 g/mol. The van der Waals surface area contributed by atoms with Gasteiger partial charge in [-0.05, 0) is 37.5 Å². The molecule has 1 N–H and O–H groups in total. The number of esters is 2. The lowest BCUT2D eigenvalue weighted by Gasteiger charge is -2.49. The highest BCUT2D eigenvalue weighted by molar-refractivity contribution is 5.96. The first-order chi connectivity index (χ1) is 15.6. The number of aliphatic hydroxyl groups excluding tert-OH is 1. The van der Waals surface area contributed by atoms with Crippen molar-refractivity contribution < 1.29 is 28.6 Å². The Bertz CT molecular complexity index is 1230. The highest BCUT2D eigenvalue weighted by Gasteiger charge is 2.61. The third-order valence-corrected chi connectivity index (χ3v) is 8.57. The quantitative estimate of drug-likeness (QED) is 0.653. The summed E-state index contributed by atoms with van der Waals surface area (Å²) in [4.78, 5) is 29.9. The van der Waals surface area contributed by atoms with Crippen LogP contribution in [0.5, 0.6) is 0 Å². The smallest absolute Gasteiger partial charge is 0.331 e. The van der Waals surface area contributed by atoms with Gasteiger partial charge < -0.3 is 19.0 Å². The number of aromatic nitrogens is 1. The van der Waals surface area contributed by atoms with Gasteiger partial charge in [-0.2, -0.15) is 0 Å². The lowest BCUT2D eigenvalue weighted by molar-refractivity contribution is -0.155. The number of aryl methyl sites for hydroxylation is 1. The maximum Gasteiger partial charge on any atom is 0.331 e. The molecule has 2 aliphatic carbocycles. The minimum atomic E-state index is -0.885. The summed E-state index contributed by atoms with van der Waals surface area (Å²) in [5.41, 5.74) is 2.77. The molecule has 4 aliphatic rings. The van der Waals surface area contributed by atoms with Crippen molar-refractivity contribution in [3.05, 3.63) is 58.8 Å². The van der Waals surface area contributed by atoms with Gasteiger partial charge in [0.1, 0.15) is 6.10 Å². The van der Waals surface area contributed by atoms with Gasteiger partial charge in [0, 0.05) is 45.2 Å². The second-order valence-corrected chi connectivity index (χ2v) is 10.8. The first-order valence-electron chi connectivity index (χ1n) is 11.4. The molecular formula is C26H27NO6. The summed E-state index contributed by atoms with van der Waals surface area (Å²) >= 11 is 0. The van der Waals surface area contributed by atoms with Crippen molar-refractivity contribution in [2.75, 3.05) is 0 Å². The van der Waals surface area contributed by atoms with Crippen LogP contribution in [0.4, 0.5) is 0 Å². The molecule has 2 aromatic rings. The minimum absolute atomic E-state index is 0.172. The van der Waals surface area contributed by atoms with Crippen LogP contribution in [0.15, 0.2) is 35.2 Å². The number of carbonyl (C=O) groups is 2. The monoisotopic (exact) mass is 449 g/mol. The van der Waals surface area contributed by atoms with Crippen LogP contribution in [0.2, 0.25) is 0 Å². The number of ether oxygens (including phenoxy) is 2. The number of hydrogen-bond acceptors (Lipinski definition) is 7. The fraction of sp³-hybridized carbons (Fsp3) is 0.500. The zero-order valence-electron chi connectivity index (χ0n) is 19.2. The number of carbonyl (C=O) groups excluding carboxylic acids is 2. The molecule has 0 aromatic carbocycles. The molecule has 0 spiro atoms. The lowest BCUT2D eigenvalue weighted by atomic mass is 9.58. The largest absolute Gasteiger partial charge is 0.472 e. The fourth-order valence-electron chi connectivity index (χ4n) is 6.68. The molecule has 7 nitrogen and oxygen atoms in total. The molecule has 33 heavy (non-hydrogen) atoms. The normalized spacial score (nSPS) is 36.0. The van der Waals surface area contributed by atoms with Crippen molar-refractivity contribution in [1.82, 2.24) is 4.98 Å². The molecule has 2 aromatic heterocycles. The summed E-state index contributed by atoms with van der Waals surface area (Å²) in [5.74, 6) is -0.839. The number of rotatable bonds is 1. The number of pyridine rings is 1. The minimum Gasteiger partial charge on any atom is -0.472 e. The molecule has 1 fully saturated rings. The van der Waals surface area contributed by atoms with E-state index in [0.717, 1.165) is 28.8 Å². The zero-order valence-corrected chi connectivity index (χ0v) is 19.2. The summed E-state index contributed by atoms with van der Waals surface area (Å²) < 4.78 is 16.9. The molecule has 0 radical (unpaired) electrons. The van der Waals surface area contributed by atoms with E-state index in [4.69, 9.17) is 18.9 Å². The Morgan fingerprint density at radius 3 is 2.70 bits per heavy atom. The van der Waals surface area contributed by atoms with Crippen molar-refractivity contribution >= 4 is 17.5 Å². The van der Waals surface area contributed by atoms with Gasteiger partial charge in [0.05, 0.1) is 30.7 Å². The molecule has 0 bridgehead atoms. The van der Waals surface area contributed by atoms with Gasteiger partial charge in [0.15, 0.2) is 5.60 Å². The van der Waals surface area contributed by atoms with Crippen LogP contribution in [-0.4, -0.2) is 22.0 Å². The van der Waals surface area contributed by atoms with Gasteiger partial charge in [-0.3, -0.25) is 9.78 Å². The Morgan fingerprint density at radius 2 is 1.97 bits per heavy atom. The van der Waals surface area contributed by atoms with Gasteiger partial charge in [-0.1, -0.05) is 20.8 Å². The Balaban J connectivity index is 1.54. The molecule has 0 amide bonds. The summed E-state index contributed by atoms with van der Waals surface area (Å²) in [5, 5.41) is 11.4. The molecule has 0 unspecified atom stereocenters. The summed E-state index contributed by atoms with van der Waals surface area (Å²) in [6.45, 7) is 7.96. The summed E-state index contributed by atoms with van der Waals surface area (Å²) in [6.07, 6.45) is 5.15. The van der Waals surface area contributed by atoms with E-state index >= 15 is 0 Å². The van der Waals surface area contributed by atoms with E-state index in [9.17, 15) is 14.7 Å². The van der Waals surface area contributed by atoms with Crippen LogP contribution >= 0.6 is 0 Å². The maximum absolute atomic E-state index is 12.6. The number of furan rings is 1. The van der Waals surface area contributed by atoms with Crippen molar-refractivity contribution in [3.8, 4) is 0 Å². The number of aliphatic hydroxyl groups is 1. The van der Waals surface area contributed by atoms with E-state index in [-0.39, 0.29) is 18.3 Å². The predicted octanol–water partition coefficient (Wildman–Crippen LogP) is 4.16. The van der Waals surface area contributed by atoms with E-state index in [1.807, 2.05) is 32.9 Å². The molecule has 0 saturated carbocycles. The molecule has 4 heterocycles. The molecule has 5 atom stereocenters. The Hall–Kier alpha value is -2.93. The van der Waals surface area contributed by atoms with Crippen molar-refractivity contribution in [3.63, 3.8) is 0 Å². The summed E-state index contributed by atoms with van der Waals surface area (Å²) in [6, 6.07) is 3.79. The second-order valence-electron chi connectivity index (χ2n) is 10.8. The van der Waals surface area contributed by atoms with E-state index in [1.54, 1.807) is 18.6 Å². The lowest BCUT2D eigenvalue weighted by Crippen LogP contribution is -2.48. The van der Waals surface area contributed by atoms with Gasteiger partial charge >= 0.3 is 11.9 Å². The maximum atomic E-state index is 12.6. The zero-order chi connectivity index (χ0) is 23.3. The third-order valence-electron chi connectivity index (χ3n) is 8.57. The number of fused-ring (bicyclic) bond motifs is 6.